The van der Waals surface area contributed by atoms with Crippen LogP contribution in [0.3, 0.4) is 0 Å². The molecule has 0 aliphatic heterocycles. The van der Waals surface area contributed by atoms with E-state index in [0.29, 0.717) is 12.1 Å². The van der Waals surface area contributed by atoms with E-state index in [1.54, 1.807) is 13.0 Å². The molecule has 0 fully saturated rings. The Bertz CT molecular complexity index is 451. The van der Waals surface area contributed by atoms with Gasteiger partial charge in [-0.1, -0.05) is 6.07 Å². The highest BCUT2D eigenvalue weighted by Crippen LogP contribution is 2.19. The number of benzene rings is 1. The van der Waals surface area contributed by atoms with Gasteiger partial charge in [-0.3, -0.25) is 4.79 Å². The molecule has 0 aromatic heterocycles. The van der Waals surface area contributed by atoms with Crippen LogP contribution in [-0.2, 0) is 14.6 Å². The van der Waals surface area contributed by atoms with Crippen molar-refractivity contribution in [2.24, 2.45) is 0 Å². The maximum absolute atomic E-state index is 11.2. The third-order valence-corrected chi connectivity index (χ3v) is 2.96. The number of amides is 1. The number of carbonyl (C=O) groups excluding carboxylic acids is 1. The molecule has 1 aromatic carbocycles. The van der Waals surface area contributed by atoms with Crippen molar-refractivity contribution in [2.45, 2.75) is 11.8 Å². The molecule has 0 heterocycles. The standard InChI is InChI=1S/C9H11NO3S/c1-7-3-4-8(14(2,12)13)5-9(7)10-6-11/h3-6H,1-2H3,(H,10,11). The van der Waals surface area contributed by atoms with Gasteiger partial charge in [0.25, 0.3) is 0 Å². The highest BCUT2D eigenvalue weighted by Gasteiger charge is 2.08. The lowest BCUT2D eigenvalue weighted by atomic mass is 10.2. The molecule has 0 atom stereocenters. The Morgan fingerprint density at radius 2 is 2.00 bits per heavy atom. The predicted octanol–water partition coefficient (Wildman–Crippen LogP) is 0.967. The van der Waals surface area contributed by atoms with E-state index in [9.17, 15) is 13.2 Å². The van der Waals surface area contributed by atoms with E-state index in [-0.39, 0.29) is 4.90 Å². The summed E-state index contributed by atoms with van der Waals surface area (Å²) in [6.45, 7) is 1.79. The van der Waals surface area contributed by atoms with Crippen molar-refractivity contribution in [1.82, 2.24) is 0 Å². The molecule has 0 spiro atoms. The van der Waals surface area contributed by atoms with Gasteiger partial charge in [-0.05, 0) is 24.6 Å². The zero-order chi connectivity index (χ0) is 10.8. The van der Waals surface area contributed by atoms with Gasteiger partial charge >= 0.3 is 0 Å². The fourth-order valence-electron chi connectivity index (χ4n) is 1.05. The van der Waals surface area contributed by atoms with Crippen LogP contribution in [0, 0.1) is 6.92 Å². The average molecular weight is 213 g/mol. The second-order valence-electron chi connectivity index (χ2n) is 3.01. The molecular formula is C9H11NO3S. The zero-order valence-electron chi connectivity index (χ0n) is 7.94. The van der Waals surface area contributed by atoms with Crippen LogP contribution in [0.15, 0.2) is 23.1 Å². The Hall–Kier alpha value is -1.36. The van der Waals surface area contributed by atoms with Gasteiger partial charge < -0.3 is 5.32 Å². The first-order valence-corrected chi connectivity index (χ1v) is 5.85. The van der Waals surface area contributed by atoms with Crippen molar-refractivity contribution in [3.05, 3.63) is 23.8 Å². The number of aryl methyl sites for hydroxylation is 1. The number of anilines is 1. The van der Waals surface area contributed by atoms with Crippen molar-refractivity contribution < 1.29 is 13.2 Å². The van der Waals surface area contributed by atoms with Crippen LogP contribution in [0.5, 0.6) is 0 Å². The summed E-state index contributed by atoms with van der Waals surface area (Å²) >= 11 is 0. The summed E-state index contributed by atoms with van der Waals surface area (Å²) in [7, 11) is -3.22. The first-order valence-electron chi connectivity index (χ1n) is 3.96. The molecule has 0 radical (unpaired) electrons. The molecule has 76 valence electrons. The highest BCUT2D eigenvalue weighted by atomic mass is 32.2. The second-order valence-corrected chi connectivity index (χ2v) is 5.03. The van der Waals surface area contributed by atoms with E-state index in [1.165, 1.54) is 12.1 Å². The Morgan fingerprint density at radius 3 is 2.50 bits per heavy atom. The predicted molar refractivity (Wildman–Crippen MR) is 54.0 cm³/mol. The van der Waals surface area contributed by atoms with E-state index in [2.05, 4.69) is 5.32 Å². The second kappa shape index (κ2) is 3.79. The van der Waals surface area contributed by atoms with E-state index < -0.39 is 9.84 Å². The number of sulfone groups is 1. The fraction of sp³-hybridized carbons (Fsp3) is 0.222. The molecule has 1 aromatic rings. The Kier molecular flexibility index (Phi) is 2.90. The number of nitrogens with one attached hydrogen (secondary N) is 1. The molecule has 0 aliphatic rings. The fourth-order valence-corrected chi connectivity index (χ4v) is 1.70. The lowest BCUT2D eigenvalue weighted by Crippen LogP contribution is -2.01. The summed E-state index contributed by atoms with van der Waals surface area (Å²) in [5, 5.41) is 2.44. The van der Waals surface area contributed by atoms with Crippen molar-refractivity contribution in [3.63, 3.8) is 0 Å². The quantitative estimate of drug-likeness (QED) is 0.761. The molecule has 0 aliphatic carbocycles. The molecular weight excluding hydrogens is 202 g/mol. The molecule has 0 unspecified atom stereocenters. The molecule has 14 heavy (non-hydrogen) atoms. The Labute approximate surface area is 82.9 Å². The van der Waals surface area contributed by atoms with Crippen LogP contribution in [0.2, 0.25) is 0 Å². The van der Waals surface area contributed by atoms with Gasteiger partial charge in [-0.25, -0.2) is 8.42 Å². The van der Waals surface area contributed by atoms with Crippen LogP contribution in [0.4, 0.5) is 5.69 Å². The van der Waals surface area contributed by atoms with Gasteiger partial charge in [0.1, 0.15) is 0 Å². The van der Waals surface area contributed by atoms with Crippen LogP contribution in [0.25, 0.3) is 0 Å². The molecule has 1 amide bonds. The van der Waals surface area contributed by atoms with E-state index in [1.807, 2.05) is 0 Å². The summed E-state index contributed by atoms with van der Waals surface area (Å²) in [6, 6.07) is 4.61. The molecule has 0 saturated heterocycles. The summed E-state index contributed by atoms with van der Waals surface area (Å²) < 4.78 is 22.4. The molecule has 5 heteroatoms. The van der Waals surface area contributed by atoms with Crippen molar-refractivity contribution in [1.29, 1.82) is 0 Å². The Balaban J connectivity index is 3.26. The van der Waals surface area contributed by atoms with Crippen LogP contribution in [-0.4, -0.2) is 21.1 Å². The first kappa shape index (κ1) is 10.7. The third kappa shape index (κ3) is 2.32. The minimum atomic E-state index is -3.22. The number of hydrogen-bond donors (Lipinski definition) is 1. The number of carbonyl (C=O) groups is 1. The molecule has 1 N–H and O–H groups in total. The SMILES string of the molecule is Cc1ccc(S(C)(=O)=O)cc1NC=O. The zero-order valence-corrected chi connectivity index (χ0v) is 8.76. The van der Waals surface area contributed by atoms with Gasteiger partial charge in [-0.15, -0.1) is 0 Å². The van der Waals surface area contributed by atoms with Gasteiger partial charge in [0.2, 0.25) is 6.41 Å². The summed E-state index contributed by atoms with van der Waals surface area (Å²) in [6.07, 6.45) is 1.65. The molecule has 0 bridgehead atoms. The van der Waals surface area contributed by atoms with Crippen LogP contribution >= 0.6 is 0 Å². The van der Waals surface area contributed by atoms with Crippen LogP contribution in [0.1, 0.15) is 5.56 Å². The van der Waals surface area contributed by atoms with Gasteiger partial charge in [0, 0.05) is 11.9 Å². The topological polar surface area (TPSA) is 63.2 Å². The average Bonchev–Trinajstić information content (AvgIpc) is 2.07. The lowest BCUT2D eigenvalue weighted by Gasteiger charge is -2.05. The highest BCUT2D eigenvalue weighted by molar-refractivity contribution is 7.90. The maximum atomic E-state index is 11.2. The summed E-state index contributed by atoms with van der Waals surface area (Å²) in [4.78, 5) is 10.4. The van der Waals surface area contributed by atoms with Crippen LogP contribution < -0.4 is 5.32 Å². The third-order valence-electron chi connectivity index (χ3n) is 1.85. The van der Waals surface area contributed by atoms with E-state index in [4.69, 9.17) is 0 Å². The van der Waals surface area contributed by atoms with Crippen molar-refractivity contribution >= 4 is 21.9 Å². The first-order chi connectivity index (χ1) is 6.45. The minimum absolute atomic E-state index is 0.201. The smallest absolute Gasteiger partial charge is 0.211 e. The molecule has 4 nitrogen and oxygen atoms in total. The minimum Gasteiger partial charge on any atom is -0.328 e. The van der Waals surface area contributed by atoms with Crippen molar-refractivity contribution in [2.75, 3.05) is 11.6 Å². The van der Waals surface area contributed by atoms with Gasteiger partial charge in [-0.2, -0.15) is 0 Å². The lowest BCUT2D eigenvalue weighted by molar-refractivity contribution is -0.105. The Morgan fingerprint density at radius 1 is 1.36 bits per heavy atom. The van der Waals surface area contributed by atoms with Gasteiger partial charge in [0.15, 0.2) is 9.84 Å². The number of hydrogen-bond acceptors (Lipinski definition) is 3. The normalized spacial score (nSPS) is 11.0. The monoisotopic (exact) mass is 213 g/mol. The van der Waals surface area contributed by atoms with E-state index in [0.717, 1.165) is 11.8 Å². The molecule has 1 rings (SSSR count). The number of rotatable bonds is 3. The maximum Gasteiger partial charge on any atom is 0.211 e. The van der Waals surface area contributed by atoms with Gasteiger partial charge in [0.05, 0.1) is 4.90 Å². The summed E-state index contributed by atoms with van der Waals surface area (Å²) in [5.41, 5.74) is 1.34. The molecule has 0 saturated carbocycles. The summed E-state index contributed by atoms with van der Waals surface area (Å²) in [5.74, 6) is 0. The van der Waals surface area contributed by atoms with Crippen molar-refractivity contribution in [3.8, 4) is 0 Å². The van der Waals surface area contributed by atoms with E-state index >= 15 is 0 Å². The largest absolute Gasteiger partial charge is 0.328 e.